The molecule has 4 rings (SSSR count). The van der Waals surface area contributed by atoms with Crippen LogP contribution in [0.3, 0.4) is 0 Å². The number of Topliss-reactive ketones (excluding diaryl/α,β-unsaturated/α-hetero) is 1. The molecular formula is C25H21ClN2O6S. The van der Waals surface area contributed by atoms with E-state index in [4.69, 9.17) is 21.1 Å². The lowest BCUT2D eigenvalue weighted by Crippen LogP contribution is -2.29. The number of carbonyl (C=O) groups excluding carboxylic acids is 3. The molecule has 1 aliphatic heterocycles. The maximum atomic E-state index is 13.2. The third-order valence-electron chi connectivity index (χ3n) is 5.43. The molecule has 0 aliphatic carbocycles. The van der Waals surface area contributed by atoms with E-state index in [2.05, 4.69) is 4.98 Å². The van der Waals surface area contributed by atoms with Crippen molar-refractivity contribution in [2.75, 3.05) is 18.6 Å². The highest BCUT2D eigenvalue weighted by molar-refractivity contribution is 7.17. The summed E-state index contributed by atoms with van der Waals surface area (Å²) < 4.78 is 10.2. The third kappa shape index (κ3) is 4.40. The molecule has 0 bridgehead atoms. The number of aryl methyl sites for hydroxylation is 1. The quantitative estimate of drug-likeness (QED) is 0.216. The van der Waals surface area contributed by atoms with Gasteiger partial charge in [-0.05, 0) is 37.6 Å². The van der Waals surface area contributed by atoms with Gasteiger partial charge in [0.1, 0.15) is 16.4 Å². The number of hydrogen-bond donors (Lipinski definition) is 1. The summed E-state index contributed by atoms with van der Waals surface area (Å²) >= 11 is 7.23. The average molecular weight is 513 g/mol. The number of ether oxygens (including phenoxy) is 2. The van der Waals surface area contributed by atoms with Crippen molar-refractivity contribution in [1.29, 1.82) is 0 Å². The number of halogens is 1. The van der Waals surface area contributed by atoms with Crippen LogP contribution in [0.5, 0.6) is 5.75 Å². The molecule has 1 saturated heterocycles. The van der Waals surface area contributed by atoms with E-state index in [9.17, 15) is 19.5 Å². The lowest BCUT2D eigenvalue weighted by atomic mass is 9.95. The Morgan fingerprint density at radius 3 is 2.54 bits per heavy atom. The second kappa shape index (κ2) is 9.89. The Morgan fingerprint density at radius 2 is 1.91 bits per heavy atom. The van der Waals surface area contributed by atoms with Crippen LogP contribution in [0.1, 0.15) is 39.5 Å². The molecule has 1 unspecified atom stereocenters. The van der Waals surface area contributed by atoms with Crippen molar-refractivity contribution >= 4 is 51.5 Å². The van der Waals surface area contributed by atoms with Crippen LogP contribution in [0, 0.1) is 6.92 Å². The highest BCUT2D eigenvalue weighted by atomic mass is 35.5. The molecule has 2 heterocycles. The number of anilines is 1. The number of nitrogens with zero attached hydrogens (tertiary/aromatic N) is 2. The molecule has 1 N–H and O–H groups in total. The van der Waals surface area contributed by atoms with Gasteiger partial charge in [-0.2, -0.15) is 0 Å². The maximum absolute atomic E-state index is 13.2. The predicted molar refractivity (Wildman–Crippen MR) is 132 cm³/mol. The third-order valence-corrected chi connectivity index (χ3v) is 6.86. The smallest absolute Gasteiger partial charge is 0.350 e. The van der Waals surface area contributed by atoms with Crippen LogP contribution in [-0.2, 0) is 14.3 Å². The second-order valence-electron chi connectivity index (χ2n) is 7.56. The van der Waals surface area contributed by atoms with Crippen molar-refractivity contribution in [2.45, 2.75) is 19.9 Å². The van der Waals surface area contributed by atoms with E-state index >= 15 is 0 Å². The van der Waals surface area contributed by atoms with Gasteiger partial charge in [0.2, 0.25) is 0 Å². The fourth-order valence-electron chi connectivity index (χ4n) is 3.82. The number of aromatic nitrogens is 1. The Bertz CT molecular complexity index is 1350. The molecule has 35 heavy (non-hydrogen) atoms. The van der Waals surface area contributed by atoms with Gasteiger partial charge in [-0.25, -0.2) is 9.78 Å². The number of methoxy groups -OCH3 is 1. The van der Waals surface area contributed by atoms with Gasteiger partial charge in [0, 0.05) is 5.56 Å². The summed E-state index contributed by atoms with van der Waals surface area (Å²) in [7, 11) is 1.25. The highest BCUT2D eigenvalue weighted by Gasteiger charge is 2.48. The SMILES string of the molecule is CCOc1ccc(C(O)=C2C(=O)C(=O)N(c3nc(C)c(C(=O)OC)s3)C2c2ccccc2)cc1Cl. The van der Waals surface area contributed by atoms with Gasteiger partial charge in [-0.3, -0.25) is 14.5 Å². The number of carbonyl (C=O) groups is 3. The first-order chi connectivity index (χ1) is 16.8. The van der Waals surface area contributed by atoms with E-state index in [0.29, 0.717) is 23.6 Å². The zero-order valence-corrected chi connectivity index (χ0v) is 20.6. The van der Waals surface area contributed by atoms with Crippen molar-refractivity contribution < 1.29 is 29.0 Å². The van der Waals surface area contributed by atoms with Gasteiger partial charge in [-0.1, -0.05) is 53.3 Å². The molecule has 1 fully saturated rings. The predicted octanol–water partition coefficient (Wildman–Crippen LogP) is 4.92. The van der Waals surface area contributed by atoms with E-state index in [1.165, 1.54) is 18.1 Å². The number of aliphatic hydroxyl groups is 1. The van der Waals surface area contributed by atoms with E-state index in [1.54, 1.807) is 49.4 Å². The standard InChI is InChI=1S/C25H21ClN2O6S/c1-4-34-17-11-10-15(12-16(17)26)20(29)18-19(14-8-6-5-7-9-14)28(23(31)21(18)30)25-27-13(2)22(35-25)24(32)33-3/h5-12,19,29H,4H2,1-3H3. The molecule has 3 aromatic rings. The summed E-state index contributed by atoms with van der Waals surface area (Å²) in [6.07, 6.45) is 0. The lowest BCUT2D eigenvalue weighted by Gasteiger charge is -2.23. The number of thiazole rings is 1. The van der Waals surface area contributed by atoms with Crippen LogP contribution < -0.4 is 9.64 Å². The number of ketones is 1. The van der Waals surface area contributed by atoms with Crippen molar-refractivity contribution in [3.63, 3.8) is 0 Å². The Labute approximate surface area is 210 Å². The molecule has 8 nitrogen and oxygen atoms in total. The summed E-state index contributed by atoms with van der Waals surface area (Å²) in [5, 5.41) is 11.6. The minimum atomic E-state index is -0.974. The Balaban J connectivity index is 1.90. The van der Waals surface area contributed by atoms with Gasteiger partial charge in [0.25, 0.3) is 5.78 Å². The van der Waals surface area contributed by atoms with Gasteiger partial charge < -0.3 is 14.6 Å². The van der Waals surface area contributed by atoms with E-state index in [1.807, 2.05) is 6.92 Å². The number of hydrogen-bond acceptors (Lipinski definition) is 8. The molecule has 180 valence electrons. The Kier molecular flexibility index (Phi) is 6.90. The van der Waals surface area contributed by atoms with E-state index in [0.717, 1.165) is 11.3 Å². The van der Waals surface area contributed by atoms with Crippen LogP contribution in [0.25, 0.3) is 5.76 Å². The fourth-order valence-corrected chi connectivity index (χ4v) is 5.07. The maximum Gasteiger partial charge on any atom is 0.350 e. The number of amides is 1. The Morgan fingerprint density at radius 1 is 1.20 bits per heavy atom. The number of esters is 1. The zero-order chi connectivity index (χ0) is 25.3. The number of aliphatic hydroxyl groups excluding tert-OH is 1. The van der Waals surface area contributed by atoms with Crippen LogP contribution in [0.4, 0.5) is 5.13 Å². The summed E-state index contributed by atoms with van der Waals surface area (Å²) in [6.45, 7) is 3.84. The van der Waals surface area contributed by atoms with Gasteiger partial charge in [-0.15, -0.1) is 0 Å². The minimum absolute atomic E-state index is 0.117. The highest BCUT2D eigenvalue weighted by Crippen LogP contribution is 2.44. The summed E-state index contributed by atoms with van der Waals surface area (Å²) in [5.41, 5.74) is 1.08. The number of benzene rings is 2. The molecule has 0 radical (unpaired) electrons. The summed E-state index contributed by atoms with van der Waals surface area (Å²) in [4.78, 5) is 44.4. The molecule has 0 spiro atoms. The molecule has 1 amide bonds. The Hall–Kier alpha value is -3.69. The van der Waals surface area contributed by atoms with Crippen LogP contribution in [-0.4, -0.2) is 41.5 Å². The first-order valence-corrected chi connectivity index (χ1v) is 11.8. The normalized spacial score (nSPS) is 17.0. The topological polar surface area (TPSA) is 106 Å². The van der Waals surface area contributed by atoms with Gasteiger partial charge in [0.05, 0.1) is 36.0 Å². The zero-order valence-electron chi connectivity index (χ0n) is 19.1. The van der Waals surface area contributed by atoms with Crippen LogP contribution in [0.15, 0.2) is 54.1 Å². The molecule has 2 aromatic carbocycles. The summed E-state index contributed by atoms with van der Waals surface area (Å²) in [5.74, 6) is -2.30. The van der Waals surface area contributed by atoms with Crippen molar-refractivity contribution in [1.82, 2.24) is 4.98 Å². The minimum Gasteiger partial charge on any atom is -0.507 e. The molecule has 1 atom stereocenters. The number of rotatable bonds is 6. The molecule has 1 aromatic heterocycles. The van der Waals surface area contributed by atoms with Gasteiger partial charge >= 0.3 is 11.9 Å². The van der Waals surface area contributed by atoms with Crippen molar-refractivity contribution in [3.8, 4) is 5.75 Å². The van der Waals surface area contributed by atoms with Crippen LogP contribution in [0.2, 0.25) is 5.02 Å². The second-order valence-corrected chi connectivity index (χ2v) is 8.95. The fraction of sp³-hybridized carbons (Fsp3) is 0.200. The molecule has 10 heteroatoms. The summed E-state index contributed by atoms with van der Waals surface area (Å²) in [6, 6.07) is 12.4. The van der Waals surface area contributed by atoms with E-state index in [-0.39, 0.29) is 31.9 Å². The monoisotopic (exact) mass is 512 g/mol. The molecule has 1 aliphatic rings. The first kappa shape index (κ1) is 24.4. The van der Waals surface area contributed by atoms with Crippen molar-refractivity contribution in [3.05, 3.63) is 80.8 Å². The first-order valence-electron chi connectivity index (χ1n) is 10.6. The van der Waals surface area contributed by atoms with Gasteiger partial charge in [0.15, 0.2) is 5.13 Å². The molecule has 0 saturated carbocycles. The average Bonchev–Trinajstić information content (AvgIpc) is 3.36. The lowest BCUT2D eigenvalue weighted by molar-refractivity contribution is -0.132. The van der Waals surface area contributed by atoms with E-state index < -0.39 is 23.7 Å². The van der Waals surface area contributed by atoms with Crippen LogP contribution >= 0.6 is 22.9 Å². The molecular weight excluding hydrogens is 492 g/mol. The largest absolute Gasteiger partial charge is 0.507 e. The van der Waals surface area contributed by atoms with Crippen molar-refractivity contribution in [2.24, 2.45) is 0 Å².